The van der Waals surface area contributed by atoms with Crippen molar-refractivity contribution in [3.8, 4) is 5.88 Å². The van der Waals surface area contributed by atoms with Crippen molar-refractivity contribution in [1.82, 2.24) is 25.6 Å². The van der Waals surface area contributed by atoms with Crippen LogP contribution in [-0.2, 0) is 17.5 Å². The summed E-state index contributed by atoms with van der Waals surface area (Å²) in [5.74, 6) is -3.38. The minimum atomic E-state index is -4.76. The third-order valence-electron chi connectivity index (χ3n) is 8.39. The van der Waals surface area contributed by atoms with E-state index in [1.165, 1.54) is 12.1 Å². The molecule has 47 heavy (non-hydrogen) atoms. The number of hydrogen-bond acceptors (Lipinski definition) is 6. The van der Waals surface area contributed by atoms with Crippen LogP contribution in [0.3, 0.4) is 0 Å². The second-order valence-corrected chi connectivity index (χ2v) is 11.8. The van der Waals surface area contributed by atoms with Gasteiger partial charge in [-0.15, -0.1) is 0 Å². The third-order valence-corrected chi connectivity index (χ3v) is 8.39. The highest BCUT2D eigenvalue weighted by molar-refractivity contribution is 5.99. The largest absolute Gasteiger partial charge is 0.471 e. The molecule has 0 spiro atoms. The van der Waals surface area contributed by atoms with Crippen LogP contribution in [0.4, 0.5) is 46.8 Å². The summed E-state index contributed by atoms with van der Waals surface area (Å²) in [5, 5.41) is 7.91. The number of imidazole rings is 1. The number of H-pyrrole nitrogens is 1. The monoisotopic (exact) mass is 676 g/mol. The number of pyridine rings is 1. The number of alkyl halides is 8. The van der Waals surface area contributed by atoms with Crippen LogP contribution < -0.4 is 20.7 Å². The lowest BCUT2D eigenvalue weighted by Gasteiger charge is -2.30. The second-order valence-electron chi connectivity index (χ2n) is 11.8. The molecule has 2 heterocycles. The summed E-state index contributed by atoms with van der Waals surface area (Å²) >= 11 is 0. The Balaban J connectivity index is 1.37. The molecule has 2 amide bonds. The smallest absolute Gasteiger partial charge is 0.418 e. The highest BCUT2D eigenvalue weighted by Crippen LogP contribution is 2.39. The topological polar surface area (TPSA) is 121 Å². The third kappa shape index (κ3) is 8.60. The molecule has 0 saturated heterocycles. The fourth-order valence-corrected chi connectivity index (χ4v) is 5.93. The predicted octanol–water partition coefficient (Wildman–Crippen LogP) is 7.02. The molecule has 2 aromatic heterocycles. The van der Waals surface area contributed by atoms with E-state index in [4.69, 9.17) is 4.74 Å². The molecule has 3 aromatic rings. The van der Waals surface area contributed by atoms with Gasteiger partial charge in [0.25, 0.3) is 12.3 Å². The molecule has 0 aliphatic heterocycles. The van der Waals surface area contributed by atoms with E-state index >= 15 is 0 Å². The first-order valence-corrected chi connectivity index (χ1v) is 15.1. The molecule has 5 rings (SSSR count). The Morgan fingerprint density at radius 3 is 2.30 bits per heavy atom. The summed E-state index contributed by atoms with van der Waals surface area (Å²) in [6.07, 6.45) is -8.95. The maximum absolute atomic E-state index is 13.9. The van der Waals surface area contributed by atoms with E-state index in [1.54, 1.807) is 0 Å². The van der Waals surface area contributed by atoms with Gasteiger partial charge in [0.05, 0.1) is 17.2 Å². The van der Waals surface area contributed by atoms with Crippen molar-refractivity contribution >= 4 is 34.6 Å². The molecule has 0 unspecified atom stereocenters. The van der Waals surface area contributed by atoms with Gasteiger partial charge in [0.15, 0.2) is 12.3 Å². The number of aromatic nitrogens is 3. The molecule has 2 aliphatic carbocycles. The first kappa shape index (κ1) is 34.2. The Kier molecular flexibility index (Phi) is 10.1. The van der Waals surface area contributed by atoms with E-state index in [0.29, 0.717) is 5.56 Å². The standard InChI is InChI=1S/C30H32F8N6O3/c31-23(32)14-47-27-19(26(46)40-18-8-6-17(7-9-18)29(33,34)35)12-22-24(43-27)44-28(42-22)41-21-11-15(5-10-20(21)30(36,37)38)13-39-25(45)16-3-1-2-4-16/h5,10-12,16-18,23H,1-4,6-9,13-14H2,(H,39,45)(H,40,46)(H2,41,42,43,44)/t17-,18-. The molecular weight excluding hydrogens is 644 g/mol. The Labute approximate surface area is 263 Å². The number of amides is 2. The minimum absolute atomic E-state index is 0.00893. The van der Waals surface area contributed by atoms with Gasteiger partial charge in [0.2, 0.25) is 17.7 Å². The number of benzene rings is 1. The highest BCUT2D eigenvalue weighted by Gasteiger charge is 2.41. The molecule has 1 aromatic carbocycles. The quantitative estimate of drug-likeness (QED) is 0.171. The molecular formula is C30H32F8N6O3. The first-order valence-electron chi connectivity index (χ1n) is 15.1. The number of nitrogens with zero attached hydrogens (tertiary/aromatic N) is 2. The zero-order valence-corrected chi connectivity index (χ0v) is 24.8. The molecule has 2 fully saturated rings. The zero-order chi connectivity index (χ0) is 33.9. The van der Waals surface area contributed by atoms with E-state index in [2.05, 4.69) is 30.9 Å². The number of fused-ring (bicyclic) bond motifs is 1. The Hall–Kier alpha value is -4.18. The number of hydrogen-bond donors (Lipinski definition) is 4. The Bertz CT molecular complexity index is 1580. The molecule has 0 bridgehead atoms. The van der Waals surface area contributed by atoms with Crippen LogP contribution in [0, 0.1) is 11.8 Å². The van der Waals surface area contributed by atoms with Gasteiger partial charge in [0, 0.05) is 18.5 Å². The van der Waals surface area contributed by atoms with Crippen LogP contribution in [0.1, 0.15) is 72.9 Å². The number of aromatic amines is 1. The zero-order valence-electron chi connectivity index (χ0n) is 24.8. The Morgan fingerprint density at radius 1 is 0.957 bits per heavy atom. The minimum Gasteiger partial charge on any atom is -0.471 e. The van der Waals surface area contributed by atoms with Crippen LogP contribution in [0.15, 0.2) is 24.3 Å². The first-order chi connectivity index (χ1) is 22.2. The van der Waals surface area contributed by atoms with Gasteiger partial charge in [-0.2, -0.15) is 31.3 Å². The lowest BCUT2D eigenvalue weighted by atomic mass is 9.85. The summed E-state index contributed by atoms with van der Waals surface area (Å²) in [4.78, 5) is 36.4. The normalized spacial score (nSPS) is 19.3. The van der Waals surface area contributed by atoms with Gasteiger partial charge in [-0.05, 0) is 62.3 Å². The SMILES string of the molecule is O=C(N[C@H]1CC[C@H](C(F)(F)F)CC1)c1cc2nc(Nc3cc(CNC(=O)C4CCCC4)ccc3C(F)(F)F)[nH]c2nc1OCC(F)F. The van der Waals surface area contributed by atoms with Crippen LogP contribution >= 0.6 is 0 Å². The molecule has 256 valence electrons. The van der Waals surface area contributed by atoms with E-state index in [9.17, 15) is 44.7 Å². The molecule has 9 nitrogen and oxygen atoms in total. The van der Waals surface area contributed by atoms with Crippen LogP contribution in [0.5, 0.6) is 5.88 Å². The number of carbonyl (C=O) groups excluding carboxylic acids is 2. The average Bonchev–Trinajstić information content (AvgIpc) is 3.67. The number of halogens is 8. The predicted molar refractivity (Wildman–Crippen MR) is 153 cm³/mol. The van der Waals surface area contributed by atoms with Crippen molar-refractivity contribution in [2.45, 2.75) is 82.7 Å². The molecule has 4 N–H and O–H groups in total. The number of carbonyl (C=O) groups is 2. The number of nitrogens with one attached hydrogen (secondary N) is 4. The van der Waals surface area contributed by atoms with Gasteiger partial charge in [-0.25, -0.2) is 13.8 Å². The lowest BCUT2D eigenvalue weighted by molar-refractivity contribution is -0.182. The van der Waals surface area contributed by atoms with Crippen molar-refractivity contribution in [3.63, 3.8) is 0 Å². The van der Waals surface area contributed by atoms with Crippen molar-refractivity contribution in [2.75, 3.05) is 11.9 Å². The van der Waals surface area contributed by atoms with Crippen molar-refractivity contribution < 1.29 is 49.4 Å². The van der Waals surface area contributed by atoms with Crippen molar-refractivity contribution in [2.24, 2.45) is 11.8 Å². The highest BCUT2D eigenvalue weighted by atomic mass is 19.4. The molecule has 0 atom stereocenters. The maximum atomic E-state index is 13.9. The van der Waals surface area contributed by atoms with Crippen LogP contribution in [0.2, 0.25) is 0 Å². The summed E-state index contributed by atoms with van der Waals surface area (Å²) < 4.78 is 112. The van der Waals surface area contributed by atoms with Gasteiger partial charge in [-0.1, -0.05) is 18.9 Å². The van der Waals surface area contributed by atoms with Crippen LogP contribution in [0.25, 0.3) is 11.2 Å². The summed E-state index contributed by atoms with van der Waals surface area (Å²) in [7, 11) is 0. The fourth-order valence-electron chi connectivity index (χ4n) is 5.93. The second kappa shape index (κ2) is 13.9. The van der Waals surface area contributed by atoms with Crippen molar-refractivity contribution in [3.05, 3.63) is 41.0 Å². The van der Waals surface area contributed by atoms with E-state index in [0.717, 1.165) is 37.8 Å². The van der Waals surface area contributed by atoms with Gasteiger partial charge < -0.3 is 25.7 Å². The number of anilines is 2. The Morgan fingerprint density at radius 2 is 1.66 bits per heavy atom. The lowest BCUT2D eigenvalue weighted by Crippen LogP contribution is -2.40. The van der Waals surface area contributed by atoms with Crippen LogP contribution in [-0.4, -0.2) is 52.0 Å². The molecule has 2 aliphatic rings. The average molecular weight is 677 g/mol. The number of rotatable bonds is 10. The number of ether oxygens (including phenoxy) is 1. The summed E-state index contributed by atoms with van der Waals surface area (Å²) in [6, 6.07) is 3.84. The fraction of sp³-hybridized carbons (Fsp3) is 0.533. The molecule has 17 heteroatoms. The van der Waals surface area contributed by atoms with Gasteiger partial charge in [0.1, 0.15) is 11.1 Å². The van der Waals surface area contributed by atoms with Gasteiger partial charge >= 0.3 is 12.4 Å². The summed E-state index contributed by atoms with van der Waals surface area (Å²) in [6.45, 7) is -1.14. The molecule has 0 radical (unpaired) electrons. The van der Waals surface area contributed by atoms with Crippen molar-refractivity contribution in [1.29, 1.82) is 0 Å². The maximum Gasteiger partial charge on any atom is 0.418 e. The van der Waals surface area contributed by atoms with Gasteiger partial charge in [-0.3, -0.25) is 9.59 Å². The van der Waals surface area contributed by atoms with E-state index < -0.39 is 60.4 Å². The summed E-state index contributed by atoms with van der Waals surface area (Å²) in [5.41, 5.74) is -1.51. The molecule has 2 saturated carbocycles. The van der Waals surface area contributed by atoms with E-state index in [1.807, 2.05) is 0 Å². The van der Waals surface area contributed by atoms with E-state index in [-0.39, 0.29) is 66.7 Å².